The summed E-state index contributed by atoms with van der Waals surface area (Å²) in [6.45, 7) is 7.84. The predicted molar refractivity (Wildman–Crippen MR) is 96.5 cm³/mol. The van der Waals surface area contributed by atoms with E-state index >= 15 is 0 Å². The molecular formula is C20H29NO4. The molecule has 0 radical (unpaired) electrons. The number of amides is 1. The standard InChI is InChI=1S/C20H29NO4/c1-13-8-9-18(15(3)10-13)24-12-20(23)25-11-19(22)21-17-7-5-6-14(2)16(17)4/h8-10,14,16-17H,5-7,11-12H2,1-4H3,(H,21,22)/t14-,16+,17-/m1/s1. The molecule has 1 N–H and O–H groups in total. The summed E-state index contributed by atoms with van der Waals surface area (Å²) in [6, 6.07) is 5.91. The molecule has 1 aromatic carbocycles. The molecule has 0 saturated heterocycles. The molecule has 0 aromatic heterocycles. The van der Waals surface area contributed by atoms with E-state index in [0.29, 0.717) is 17.6 Å². The van der Waals surface area contributed by atoms with Crippen LogP contribution in [-0.2, 0) is 14.3 Å². The Bertz CT molecular complexity index is 614. The quantitative estimate of drug-likeness (QED) is 0.803. The normalized spacial score (nSPS) is 23.0. The van der Waals surface area contributed by atoms with Crippen molar-refractivity contribution in [3.05, 3.63) is 29.3 Å². The van der Waals surface area contributed by atoms with Crippen molar-refractivity contribution in [2.45, 2.75) is 53.0 Å². The third-order valence-corrected chi connectivity index (χ3v) is 5.09. The molecule has 1 aliphatic rings. The monoisotopic (exact) mass is 347 g/mol. The zero-order valence-electron chi connectivity index (χ0n) is 15.6. The number of rotatable bonds is 6. The zero-order chi connectivity index (χ0) is 18.4. The average Bonchev–Trinajstić information content (AvgIpc) is 2.56. The highest BCUT2D eigenvalue weighted by atomic mass is 16.6. The lowest BCUT2D eigenvalue weighted by molar-refractivity contribution is -0.150. The second-order valence-corrected chi connectivity index (χ2v) is 7.16. The first kappa shape index (κ1) is 19.3. The SMILES string of the molecule is Cc1ccc(OCC(=O)OCC(=O)N[C@@H]2CCC[C@@H](C)[C@@H]2C)c(C)c1. The zero-order valence-corrected chi connectivity index (χ0v) is 15.6. The minimum Gasteiger partial charge on any atom is -0.482 e. The molecule has 0 aliphatic heterocycles. The minimum atomic E-state index is -0.541. The average molecular weight is 347 g/mol. The fraction of sp³-hybridized carbons (Fsp3) is 0.600. The van der Waals surface area contributed by atoms with Gasteiger partial charge in [0.1, 0.15) is 5.75 Å². The van der Waals surface area contributed by atoms with Crippen molar-refractivity contribution in [1.82, 2.24) is 5.32 Å². The summed E-state index contributed by atoms with van der Waals surface area (Å²) in [5.74, 6) is 0.914. The fourth-order valence-corrected chi connectivity index (χ4v) is 3.32. The first-order chi connectivity index (χ1) is 11.9. The van der Waals surface area contributed by atoms with Crippen LogP contribution in [0.2, 0.25) is 0 Å². The highest BCUT2D eigenvalue weighted by Crippen LogP contribution is 2.29. The van der Waals surface area contributed by atoms with Crippen molar-refractivity contribution < 1.29 is 19.1 Å². The molecule has 3 atom stereocenters. The Balaban J connectivity index is 1.71. The molecule has 0 unspecified atom stereocenters. The van der Waals surface area contributed by atoms with Gasteiger partial charge < -0.3 is 14.8 Å². The number of nitrogens with one attached hydrogen (secondary N) is 1. The number of hydrogen-bond acceptors (Lipinski definition) is 4. The molecule has 1 amide bonds. The number of benzene rings is 1. The van der Waals surface area contributed by atoms with Gasteiger partial charge in [-0.15, -0.1) is 0 Å². The number of carbonyl (C=O) groups excluding carboxylic acids is 2. The molecule has 1 aromatic rings. The van der Waals surface area contributed by atoms with E-state index in [4.69, 9.17) is 9.47 Å². The molecule has 0 spiro atoms. The summed E-state index contributed by atoms with van der Waals surface area (Å²) < 4.78 is 10.5. The summed E-state index contributed by atoms with van der Waals surface area (Å²) in [4.78, 5) is 23.8. The second kappa shape index (κ2) is 8.88. The van der Waals surface area contributed by atoms with E-state index in [-0.39, 0.29) is 25.2 Å². The molecule has 1 aliphatic carbocycles. The Morgan fingerprint density at radius 2 is 1.92 bits per heavy atom. The van der Waals surface area contributed by atoms with Crippen molar-refractivity contribution >= 4 is 11.9 Å². The lowest BCUT2D eigenvalue weighted by Crippen LogP contribution is -2.45. The van der Waals surface area contributed by atoms with Crippen LogP contribution in [0.25, 0.3) is 0 Å². The van der Waals surface area contributed by atoms with Gasteiger partial charge in [0.25, 0.3) is 5.91 Å². The van der Waals surface area contributed by atoms with Gasteiger partial charge in [0, 0.05) is 6.04 Å². The van der Waals surface area contributed by atoms with E-state index in [0.717, 1.165) is 24.0 Å². The van der Waals surface area contributed by atoms with Gasteiger partial charge in [-0.1, -0.05) is 44.4 Å². The van der Waals surface area contributed by atoms with Gasteiger partial charge in [-0.05, 0) is 43.7 Å². The van der Waals surface area contributed by atoms with Crippen molar-refractivity contribution in [2.75, 3.05) is 13.2 Å². The van der Waals surface area contributed by atoms with Gasteiger partial charge in [0.05, 0.1) is 0 Å². The first-order valence-electron chi connectivity index (χ1n) is 9.02. The van der Waals surface area contributed by atoms with Crippen molar-refractivity contribution in [3.8, 4) is 5.75 Å². The summed E-state index contributed by atoms with van der Waals surface area (Å²) in [6.07, 6.45) is 3.32. The van der Waals surface area contributed by atoms with Crippen LogP contribution >= 0.6 is 0 Å². The van der Waals surface area contributed by atoms with Gasteiger partial charge in [-0.25, -0.2) is 4.79 Å². The summed E-state index contributed by atoms with van der Waals surface area (Å²) >= 11 is 0. The maximum atomic E-state index is 12.0. The Morgan fingerprint density at radius 1 is 1.16 bits per heavy atom. The van der Waals surface area contributed by atoms with Crippen LogP contribution in [0.15, 0.2) is 18.2 Å². The minimum absolute atomic E-state index is 0.168. The van der Waals surface area contributed by atoms with Crippen LogP contribution in [0, 0.1) is 25.7 Å². The van der Waals surface area contributed by atoms with E-state index in [9.17, 15) is 9.59 Å². The van der Waals surface area contributed by atoms with Gasteiger partial charge in [0.2, 0.25) is 0 Å². The molecular weight excluding hydrogens is 318 g/mol. The van der Waals surface area contributed by atoms with Gasteiger partial charge >= 0.3 is 5.97 Å². The highest BCUT2D eigenvalue weighted by Gasteiger charge is 2.28. The van der Waals surface area contributed by atoms with E-state index < -0.39 is 5.97 Å². The number of ether oxygens (including phenoxy) is 2. The van der Waals surface area contributed by atoms with E-state index in [1.807, 2.05) is 32.0 Å². The smallest absolute Gasteiger partial charge is 0.344 e. The van der Waals surface area contributed by atoms with E-state index in [1.165, 1.54) is 6.42 Å². The number of aryl methyl sites for hydroxylation is 2. The van der Waals surface area contributed by atoms with Crippen LogP contribution in [0.5, 0.6) is 5.75 Å². The Kier molecular flexibility index (Phi) is 6.85. The van der Waals surface area contributed by atoms with Crippen LogP contribution in [0.4, 0.5) is 0 Å². The summed E-state index contributed by atoms with van der Waals surface area (Å²) in [5.41, 5.74) is 2.10. The van der Waals surface area contributed by atoms with Crippen LogP contribution < -0.4 is 10.1 Å². The topological polar surface area (TPSA) is 64.6 Å². The lowest BCUT2D eigenvalue weighted by Gasteiger charge is -2.34. The Morgan fingerprint density at radius 3 is 2.64 bits per heavy atom. The van der Waals surface area contributed by atoms with Crippen LogP contribution in [0.3, 0.4) is 0 Å². The second-order valence-electron chi connectivity index (χ2n) is 7.16. The van der Waals surface area contributed by atoms with Crippen molar-refractivity contribution in [2.24, 2.45) is 11.8 Å². The molecule has 0 bridgehead atoms. The molecule has 25 heavy (non-hydrogen) atoms. The molecule has 1 fully saturated rings. The third kappa shape index (κ3) is 5.76. The molecule has 5 heteroatoms. The van der Waals surface area contributed by atoms with Gasteiger partial charge in [-0.3, -0.25) is 4.79 Å². The van der Waals surface area contributed by atoms with Crippen molar-refractivity contribution in [3.63, 3.8) is 0 Å². The number of esters is 1. The van der Waals surface area contributed by atoms with E-state index in [1.54, 1.807) is 0 Å². The molecule has 5 nitrogen and oxygen atoms in total. The molecule has 1 saturated carbocycles. The highest BCUT2D eigenvalue weighted by molar-refractivity contribution is 5.81. The fourth-order valence-electron chi connectivity index (χ4n) is 3.32. The Hall–Kier alpha value is -2.04. The maximum absolute atomic E-state index is 12.0. The predicted octanol–water partition coefficient (Wildman–Crippen LogP) is 3.17. The maximum Gasteiger partial charge on any atom is 0.344 e. The van der Waals surface area contributed by atoms with Crippen LogP contribution in [-0.4, -0.2) is 31.1 Å². The third-order valence-electron chi connectivity index (χ3n) is 5.09. The lowest BCUT2D eigenvalue weighted by atomic mass is 9.78. The van der Waals surface area contributed by atoms with Crippen LogP contribution in [0.1, 0.15) is 44.2 Å². The summed E-state index contributed by atoms with van der Waals surface area (Å²) in [5, 5.41) is 2.99. The van der Waals surface area contributed by atoms with Gasteiger partial charge in [0.15, 0.2) is 13.2 Å². The largest absolute Gasteiger partial charge is 0.482 e. The van der Waals surface area contributed by atoms with Gasteiger partial charge in [-0.2, -0.15) is 0 Å². The molecule has 0 heterocycles. The van der Waals surface area contributed by atoms with Crippen molar-refractivity contribution in [1.29, 1.82) is 0 Å². The Labute approximate surface area is 150 Å². The number of carbonyl (C=O) groups is 2. The first-order valence-corrected chi connectivity index (χ1v) is 9.02. The number of hydrogen-bond donors (Lipinski definition) is 1. The molecule has 2 rings (SSSR count). The van der Waals surface area contributed by atoms with E-state index in [2.05, 4.69) is 19.2 Å². The molecule has 138 valence electrons. The summed E-state index contributed by atoms with van der Waals surface area (Å²) in [7, 11) is 0.